The van der Waals surface area contributed by atoms with Gasteiger partial charge in [0, 0.05) is 18.2 Å². The normalized spacial score (nSPS) is 11.1. The van der Waals surface area contributed by atoms with Crippen LogP contribution in [0.3, 0.4) is 0 Å². The highest BCUT2D eigenvalue weighted by molar-refractivity contribution is 7.92. The van der Waals surface area contributed by atoms with Crippen LogP contribution in [0.4, 0.5) is 11.5 Å². The molecule has 0 saturated carbocycles. The Morgan fingerprint density at radius 3 is 2.46 bits per heavy atom. The second kappa shape index (κ2) is 7.83. The van der Waals surface area contributed by atoms with Gasteiger partial charge < -0.3 is 10.5 Å². The Hall–Kier alpha value is -3.13. The summed E-state index contributed by atoms with van der Waals surface area (Å²) in [5.41, 5.74) is 7.14. The summed E-state index contributed by atoms with van der Waals surface area (Å²) in [6, 6.07) is 19.0. The lowest BCUT2D eigenvalue weighted by Gasteiger charge is -2.08. The van der Waals surface area contributed by atoms with E-state index in [9.17, 15) is 8.42 Å². The molecule has 2 aromatic carbocycles. The molecule has 7 nitrogen and oxygen atoms in total. The van der Waals surface area contributed by atoms with Gasteiger partial charge in [0.15, 0.2) is 5.82 Å². The molecule has 3 N–H and O–H groups in total. The molecule has 1 aromatic heterocycles. The van der Waals surface area contributed by atoms with E-state index in [-0.39, 0.29) is 10.7 Å². The number of nitrogen functional groups attached to an aromatic ring is 1. The molecular formula is C18H18N4O3S. The van der Waals surface area contributed by atoms with Crippen molar-refractivity contribution in [3.8, 4) is 5.88 Å². The minimum Gasteiger partial charge on any atom is -0.476 e. The van der Waals surface area contributed by atoms with Crippen LogP contribution in [0.1, 0.15) is 5.56 Å². The van der Waals surface area contributed by atoms with Crippen molar-refractivity contribution in [2.24, 2.45) is 0 Å². The van der Waals surface area contributed by atoms with E-state index >= 15 is 0 Å². The summed E-state index contributed by atoms with van der Waals surface area (Å²) in [6.07, 6.45) is 0.742. The number of hydrogen-bond donors (Lipinski definition) is 2. The van der Waals surface area contributed by atoms with Crippen LogP contribution >= 0.6 is 0 Å². The number of anilines is 2. The lowest BCUT2D eigenvalue weighted by Crippen LogP contribution is -2.14. The zero-order valence-corrected chi connectivity index (χ0v) is 14.7. The Morgan fingerprint density at radius 1 is 0.962 bits per heavy atom. The number of ether oxygens (including phenoxy) is 1. The zero-order chi connectivity index (χ0) is 18.4. The Labute approximate surface area is 151 Å². The summed E-state index contributed by atoms with van der Waals surface area (Å²) in [5, 5.41) is 7.72. The molecule has 0 bridgehead atoms. The van der Waals surface area contributed by atoms with Crippen molar-refractivity contribution in [2.75, 3.05) is 17.1 Å². The molecule has 0 aliphatic heterocycles. The average Bonchev–Trinajstić information content (AvgIpc) is 2.64. The van der Waals surface area contributed by atoms with Gasteiger partial charge in [0.25, 0.3) is 10.0 Å². The highest BCUT2D eigenvalue weighted by Gasteiger charge is 2.15. The third-order valence-electron chi connectivity index (χ3n) is 3.53. The SMILES string of the molecule is Nc1cccc(S(=O)(=O)Nc2ccc(OCCc3ccccc3)nn2)c1. The number of hydrogen-bond acceptors (Lipinski definition) is 6. The van der Waals surface area contributed by atoms with E-state index in [0.717, 1.165) is 12.0 Å². The fourth-order valence-corrected chi connectivity index (χ4v) is 3.30. The first-order valence-corrected chi connectivity index (χ1v) is 9.40. The van der Waals surface area contributed by atoms with Gasteiger partial charge in [-0.1, -0.05) is 36.4 Å². The Bertz CT molecular complexity index is 961. The van der Waals surface area contributed by atoms with Crippen LogP contribution in [0.2, 0.25) is 0 Å². The number of nitrogens with zero attached hydrogens (tertiary/aromatic N) is 2. The maximum absolute atomic E-state index is 12.3. The van der Waals surface area contributed by atoms with Gasteiger partial charge in [0.2, 0.25) is 5.88 Å². The molecule has 0 radical (unpaired) electrons. The predicted molar refractivity (Wildman–Crippen MR) is 99.3 cm³/mol. The van der Waals surface area contributed by atoms with E-state index in [1.54, 1.807) is 18.2 Å². The van der Waals surface area contributed by atoms with Crippen LogP contribution in [0.25, 0.3) is 0 Å². The van der Waals surface area contributed by atoms with Crippen LogP contribution in [-0.2, 0) is 16.4 Å². The minimum absolute atomic E-state index is 0.0579. The minimum atomic E-state index is -3.77. The van der Waals surface area contributed by atoms with Gasteiger partial charge in [-0.05, 0) is 29.8 Å². The maximum atomic E-state index is 12.3. The fourth-order valence-electron chi connectivity index (χ4n) is 2.25. The summed E-state index contributed by atoms with van der Waals surface area (Å²) in [6.45, 7) is 0.451. The van der Waals surface area contributed by atoms with Gasteiger partial charge in [0.05, 0.1) is 11.5 Å². The molecule has 0 aliphatic rings. The van der Waals surface area contributed by atoms with E-state index in [0.29, 0.717) is 18.2 Å². The fraction of sp³-hybridized carbons (Fsp3) is 0.111. The summed E-state index contributed by atoms with van der Waals surface area (Å²) in [5.74, 6) is 0.427. The molecular weight excluding hydrogens is 352 g/mol. The van der Waals surface area contributed by atoms with Crippen molar-refractivity contribution in [2.45, 2.75) is 11.3 Å². The Morgan fingerprint density at radius 2 is 1.77 bits per heavy atom. The van der Waals surface area contributed by atoms with E-state index in [4.69, 9.17) is 10.5 Å². The molecule has 8 heteroatoms. The summed E-state index contributed by atoms with van der Waals surface area (Å²) in [7, 11) is -3.77. The van der Waals surface area contributed by atoms with Gasteiger partial charge in [-0.3, -0.25) is 4.72 Å². The highest BCUT2D eigenvalue weighted by atomic mass is 32.2. The molecule has 0 fully saturated rings. The molecule has 26 heavy (non-hydrogen) atoms. The maximum Gasteiger partial charge on any atom is 0.263 e. The van der Waals surface area contributed by atoms with Gasteiger partial charge >= 0.3 is 0 Å². The molecule has 0 atom stereocenters. The van der Waals surface area contributed by atoms with Crippen molar-refractivity contribution in [1.29, 1.82) is 0 Å². The van der Waals surface area contributed by atoms with Gasteiger partial charge in [0.1, 0.15) is 0 Å². The summed E-state index contributed by atoms with van der Waals surface area (Å²) < 4.78 is 32.5. The number of rotatable bonds is 7. The molecule has 0 unspecified atom stereocenters. The van der Waals surface area contributed by atoms with Crippen molar-refractivity contribution >= 4 is 21.5 Å². The van der Waals surface area contributed by atoms with Gasteiger partial charge in [-0.15, -0.1) is 10.2 Å². The van der Waals surface area contributed by atoms with E-state index in [2.05, 4.69) is 14.9 Å². The molecule has 0 aliphatic carbocycles. The lowest BCUT2D eigenvalue weighted by atomic mass is 10.2. The Kier molecular flexibility index (Phi) is 5.33. The molecule has 3 aromatic rings. The third-order valence-corrected chi connectivity index (χ3v) is 4.88. The first kappa shape index (κ1) is 17.7. The quantitative estimate of drug-likeness (QED) is 0.619. The topological polar surface area (TPSA) is 107 Å². The largest absolute Gasteiger partial charge is 0.476 e. The van der Waals surface area contributed by atoms with Crippen molar-refractivity contribution < 1.29 is 13.2 Å². The second-order valence-corrected chi connectivity index (χ2v) is 7.20. The number of benzene rings is 2. The third kappa shape index (κ3) is 4.70. The molecule has 0 spiro atoms. The predicted octanol–water partition coefficient (Wildman–Crippen LogP) is 2.48. The van der Waals surface area contributed by atoms with Crippen molar-refractivity contribution in [3.63, 3.8) is 0 Å². The van der Waals surface area contributed by atoms with Crippen LogP contribution in [0.5, 0.6) is 5.88 Å². The van der Waals surface area contributed by atoms with Crippen molar-refractivity contribution in [3.05, 3.63) is 72.3 Å². The smallest absolute Gasteiger partial charge is 0.263 e. The number of nitrogens with one attached hydrogen (secondary N) is 1. The highest BCUT2D eigenvalue weighted by Crippen LogP contribution is 2.17. The van der Waals surface area contributed by atoms with Crippen molar-refractivity contribution in [1.82, 2.24) is 10.2 Å². The zero-order valence-electron chi connectivity index (χ0n) is 13.9. The number of aromatic nitrogens is 2. The second-order valence-electron chi connectivity index (χ2n) is 5.52. The molecule has 0 saturated heterocycles. The average molecular weight is 370 g/mol. The molecule has 134 valence electrons. The number of nitrogens with two attached hydrogens (primary N) is 1. The lowest BCUT2D eigenvalue weighted by molar-refractivity contribution is 0.306. The Balaban J connectivity index is 1.59. The van der Waals surface area contributed by atoms with Crippen LogP contribution in [-0.4, -0.2) is 25.2 Å². The summed E-state index contributed by atoms with van der Waals surface area (Å²) in [4.78, 5) is 0.0579. The standard InChI is InChI=1S/C18H18N4O3S/c19-15-7-4-8-16(13-15)26(23,24)22-17-9-10-18(21-20-17)25-12-11-14-5-2-1-3-6-14/h1-10,13H,11-12,19H2,(H,20,22). The summed E-state index contributed by atoms with van der Waals surface area (Å²) >= 11 is 0. The monoisotopic (exact) mass is 370 g/mol. The first-order valence-electron chi connectivity index (χ1n) is 7.92. The molecule has 3 rings (SSSR count). The van der Waals surface area contributed by atoms with Crippen LogP contribution in [0.15, 0.2) is 71.6 Å². The van der Waals surface area contributed by atoms with E-state index in [1.165, 1.54) is 18.2 Å². The van der Waals surface area contributed by atoms with E-state index in [1.807, 2.05) is 30.3 Å². The van der Waals surface area contributed by atoms with Crippen LogP contribution in [0, 0.1) is 0 Å². The van der Waals surface area contributed by atoms with Gasteiger partial charge in [-0.25, -0.2) is 8.42 Å². The molecule has 1 heterocycles. The first-order chi connectivity index (χ1) is 12.5. The molecule has 0 amide bonds. The van der Waals surface area contributed by atoms with Gasteiger partial charge in [-0.2, -0.15) is 0 Å². The van der Waals surface area contributed by atoms with E-state index < -0.39 is 10.0 Å². The number of sulfonamides is 1. The van der Waals surface area contributed by atoms with Crippen LogP contribution < -0.4 is 15.2 Å².